The monoisotopic (exact) mass is 140 g/mol. The van der Waals surface area contributed by atoms with E-state index in [1.54, 1.807) is 0 Å². The molecule has 4 heteroatoms. The molecule has 2 rings (SSSR count). The molecule has 0 bridgehead atoms. The van der Waals surface area contributed by atoms with E-state index >= 15 is 0 Å². The molecule has 0 aliphatic rings. The zero-order valence-electron chi connectivity index (χ0n) is 4.48. The molecule has 3 nitrogen and oxygen atoms in total. The van der Waals surface area contributed by atoms with Crippen LogP contribution >= 0.6 is 11.3 Å². The first kappa shape index (κ1) is 4.81. The van der Waals surface area contributed by atoms with Gasteiger partial charge in [0.1, 0.15) is 16.7 Å². The fourth-order valence-electron chi connectivity index (χ4n) is 0.735. The molecular weight excluding hydrogens is 136 g/mol. The average Bonchev–Trinajstić information content (AvgIpc) is 2.35. The van der Waals surface area contributed by atoms with Crippen LogP contribution in [0.3, 0.4) is 0 Å². The minimum Gasteiger partial charge on any atom is -0.427 e. The van der Waals surface area contributed by atoms with E-state index < -0.39 is 0 Å². The van der Waals surface area contributed by atoms with Crippen molar-refractivity contribution in [1.29, 1.82) is 0 Å². The zero-order valence-corrected chi connectivity index (χ0v) is 5.30. The van der Waals surface area contributed by atoms with Crippen LogP contribution < -0.4 is 0 Å². The molecule has 0 fully saturated rings. The molecule has 0 aliphatic heterocycles. The third-order valence-corrected chi connectivity index (χ3v) is 1.97. The van der Waals surface area contributed by atoms with Crippen molar-refractivity contribution >= 4 is 21.7 Å². The number of aromatic nitrogens is 2. The number of rotatable bonds is 0. The lowest BCUT2D eigenvalue weighted by Gasteiger charge is -1.83. The molecule has 0 spiro atoms. The van der Waals surface area contributed by atoms with Crippen LogP contribution in [0.25, 0.3) is 10.3 Å². The van der Waals surface area contributed by atoms with Gasteiger partial charge in [0.15, 0.2) is 0 Å². The van der Waals surface area contributed by atoms with Crippen LogP contribution in [0.2, 0.25) is 0 Å². The molecule has 0 saturated heterocycles. The smallest absolute Gasteiger partial charge is 0.145 e. The quantitative estimate of drug-likeness (QED) is 0.560. The third kappa shape index (κ3) is 0.533. The maximum absolute atomic E-state index is 8.96. The minimum absolute atomic E-state index is 0.778. The summed E-state index contributed by atoms with van der Waals surface area (Å²) in [6.07, 6.45) is 1.39. The van der Waals surface area contributed by atoms with Gasteiger partial charge < -0.3 is 5.21 Å². The molecule has 2 heterocycles. The average molecular weight is 140 g/mol. The van der Waals surface area contributed by atoms with E-state index in [0.717, 1.165) is 15.1 Å². The van der Waals surface area contributed by atoms with Gasteiger partial charge in [-0.1, -0.05) is 0 Å². The SMILES string of the molecule is On1cnc2sccc21. The van der Waals surface area contributed by atoms with Crippen LogP contribution in [0.4, 0.5) is 0 Å². The molecule has 0 aromatic carbocycles. The van der Waals surface area contributed by atoms with Crippen molar-refractivity contribution < 1.29 is 5.21 Å². The second-order valence-corrected chi connectivity index (χ2v) is 2.59. The summed E-state index contributed by atoms with van der Waals surface area (Å²) in [6.45, 7) is 0. The first-order valence-electron chi connectivity index (χ1n) is 2.48. The topological polar surface area (TPSA) is 38.0 Å². The predicted octanol–water partition coefficient (Wildman–Crippen LogP) is 1.34. The van der Waals surface area contributed by atoms with Crippen molar-refractivity contribution in [3.8, 4) is 0 Å². The van der Waals surface area contributed by atoms with E-state index in [1.807, 2.05) is 11.4 Å². The molecular formula is C5H4N2OS. The number of imidazole rings is 1. The van der Waals surface area contributed by atoms with Crippen LogP contribution in [0.5, 0.6) is 0 Å². The van der Waals surface area contributed by atoms with Gasteiger partial charge >= 0.3 is 0 Å². The lowest BCUT2D eigenvalue weighted by molar-refractivity contribution is 0.198. The van der Waals surface area contributed by atoms with Crippen molar-refractivity contribution in [3.05, 3.63) is 17.8 Å². The third-order valence-electron chi connectivity index (χ3n) is 1.16. The van der Waals surface area contributed by atoms with E-state index in [2.05, 4.69) is 4.98 Å². The van der Waals surface area contributed by atoms with E-state index in [4.69, 9.17) is 5.21 Å². The summed E-state index contributed by atoms with van der Waals surface area (Å²) in [5, 5.41) is 10.9. The van der Waals surface area contributed by atoms with Crippen molar-refractivity contribution in [2.75, 3.05) is 0 Å². The summed E-state index contributed by atoms with van der Waals surface area (Å²) < 4.78 is 1.02. The van der Waals surface area contributed by atoms with Crippen molar-refractivity contribution in [1.82, 2.24) is 9.71 Å². The highest BCUT2D eigenvalue weighted by molar-refractivity contribution is 7.16. The van der Waals surface area contributed by atoms with Gasteiger partial charge in [-0.05, 0) is 11.4 Å². The summed E-state index contributed by atoms with van der Waals surface area (Å²) in [4.78, 5) is 4.78. The van der Waals surface area contributed by atoms with E-state index in [-0.39, 0.29) is 0 Å². The number of fused-ring (bicyclic) bond motifs is 1. The lowest BCUT2D eigenvalue weighted by Crippen LogP contribution is -1.82. The Balaban J connectivity index is 2.99. The van der Waals surface area contributed by atoms with Gasteiger partial charge in [0.2, 0.25) is 0 Å². The van der Waals surface area contributed by atoms with Crippen molar-refractivity contribution in [2.45, 2.75) is 0 Å². The van der Waals surface area contributed by atoms with Crippen LogP contribution in [0.1, 0.15) is 0 Å². The maximum Gasteiger partial charge on any atom is 0.145 e. The molecule has 0 saturated carbocycles. The highest BCUT2D eigenvalue weighted by atomic mass is 32.1. The number of hydrogen-bond acceptors (Lipinski definition) is 3. The van der Waals surface area contributed by atoms with Crippen molar-refractivity contribution in [2.24, 2.45) is 0 Å². The Labute approximate surface area is 55.1 Å². The molecule has 2 aromatic rings. The fraction of sp³-hybridized carbons (Fsp3) is 0. The van der Waals surface area contributed by atoms with Crippen LogP contribution in [0.15, 0.2) is 17.8 Å². The molecule has 0 radical (unpaired) electrons. The summed E-state index contributed by atoms with van der Waals surface area (Å²) >= 11 is 1.52. The molecule has 0 aliphatic carbocycles. The number of thiophene rings is 1. The second kappa shape index (κ2) is 1.48. The summed E-state index contributed by atoms with van der Waals surface area (Å²) in [6, 6.07) is 1.83. The van der Waals surface area contributed by atoms with Gasteiger partial charge in [-0.3, -0.25) is 0 Å². The van der Waals surface area contributed by atoms with Crippen molar-refractivity contribution in [3.63, 3.8) is 0 Å². The van der Waals surface area contributed by atoms with Gasteiger partial charge in [-0.15, -0.1) is 11.3 Å². The lowest BCUT2D eigenvalue weighted by atomic mass is 10.6. The van der Waals surface area contributed by atoms with E-state index in [0.29, 0.717) is 0 Å². The first-order valence-corrected chi connectivity index (χ1v) is 3.36. The Kier molecular flexibility index (Phi) is 0.790. The maximum atomic E-state index is 8.96. The molecule has 9 heavy (non-hydrogen) atoms. The van der Waals surface area contributed by atoms with Crippen LogP contribution in [-0.4, -0.2) is 14.9 Å². The summed E-state index contributed by atoms with van der Waals surface area (Å²) in [7, 11) is 0. The molecule has 2 aromatic heterocycles. The molecule has 0 atom stereocenters. The van der Waals surface area contributed by atoms with Gasteiger partial charge in [0.25, 0.3) is 0 Å². The summed E-state index contributed by atoms with van der Waals surface area (Å²) in [5.74, 6) is 0. The van der Waals surface area contributed by atoms with Crippen LogP contribution in [-0.2, 0) is 0 Å². The Morgan fingerprint density at radius 3 is 3.33 bits per heavy atom. The van der Waals surface area contributed by atoms with Crippen LogP contribution in [0, 0.1) is 0 Å². The molecule has 1 N–H and O–H groups in total. The molecule has 0 amide bonds. The minimum atomic E-state index is 0.778. The predicted molar refractivity (Wildman–Crippen MR) is 34.8 cm³/mol. The Bertz CT molecular complexity index is 324. The first-order chi connectivity index (χ1) is 4.38. The molecule has 46 valence electrons. The highest BCUT2D eigenvalue weighted by Gasteiger charge is 1.98. The Morgan fingerprint density at radius 2 is 2.56 bits per heavy atom. The second-order valence-electron chi connectivity index (χ2n) is 1.70. The van der Waals surface area contributed by atoms with E-state index in [9.17, 15) is 0 Å². The Morgan fingerprint density at radius 1 is 1.67 bits per heavy atom. The number of hydrogen-bond donors (Lipinski definition) is 1. The van der Waals surface area contributed by atoms with Gasteiger partial charge in [-0.2, -0.15) is 4.73 Å². The normalized spacial score (nSPS) is 10.7. The zero-order chi connectivity index (χ0) is 6.27. The standard InChI is InChI=1S/C5H4N2OS/c8-7-3-6-5-4(7)1-2-9-5/h1-3,8H. The molecule has 0 unspecified atom stereocenters. The van der Waals surface area contributed by atoms with Gasteiger partial charge in [0, 0.05) is 0 Å². The largest absolute Gasteiger partial charge is 0.427 e. The number of nitrogens with zero attached hydrogens (tertiary/aromatic N) is 2. The Hall–Kier alpha value is -1.03. The van der Waals surface area contributed by atoms with E-state index in [1.165, 1.54) is 17.7 Å². The summed E-state index contributed by atoms with van der Waals surface area (Å²) in [5.41, 5.74) is 0.778. The van der Waals surface area contributed by atoms with Gasteiger partial charge in [-0.25, -0.2) is 4.98 Å². The van der Waals surface area contributed by atoms with Gasteiger partial charge in [0.05, 0.1) is 0 Å². The highest BCUT2D eigenvalue weighted by Crippen LogP contribution is 2.16. The fourth-order valence-corrected chi connectivity index (χ4v) is 1.45.